The van der Waals surface area contributed by atoms with Gasteiger partial charge in [0.15, 0.2) is 6.61 Å². The Morgan fingerprint density at radius 1 is 0.972 bits per heavy atom. The van der Waals surface area contributed by atoms with E-state index < -0.39 is 6.04 Å². The van der Waals surface area contributed by atoms with Crippen LogP contribution in [-0.4, -0.2) is 35.9 Å². The van der Waals surface area contributed by atoms with Gasteiger partial charge >= 0.3 is 0 Å². The minimum Gasteiger partial charge on any atom is -0.483 e. The van der Waals surface area contributed by atoms with Crippen molar-refractivity contribution in [1.82, 2.24) is 10.2 Å². The first-order valence-corrected chi connectivity index (χ1v) is 12.4. The summed E-state index contributed by atoms with van der Waals surface area (Å²) in [5.74, 6) is -0.254. The van der Waals surface area contributed by atoms with Gasteiger partial charge in [0.25, 0.3) is 5.91 Å². The summed E-state index contributed by atoms with van der Waals surface area (Å²) in [6, 6.07) is 20.6. The average molecular weight is 491 g/mol. The second-order valence-electron chi connectivity index (χ2n) is 9.06. The molecule has 0 aliphatic heterocycles. The number of ether oxygens (including phenoxy) is 1. The van der Waals surface area contributed by atoms with E-state index in [-0.39, 0.29) is 30.8 Å². The molecule has 0 saturated heterocycles. The lowest BCUT2D eigenvalue weighted by molar-refractivity contribution is -0.142. The molecule has 1 unspecified atom stereocenters. The molecule has 0 heterocycles. The molecule has 5 nitrogen and oxygen atoms in total. The van der Waals surface area contributed by atoms with Gasteiger partial charge in [-0.15, -0.1) is 0 Å². The Morgan fingerprint density at radius 2 is 1.69 bits per heavy atom. The summed E-state index contributed by atoms with van der Waals surface area (Å²) >= 11 is 0. The quantitative estimate of drug-likeness (QED) is 0.347. The summed E-state index contributed by atoms with van der Waals surface area (Å²) in [7, 11) is 0. The summed E-state index contributed by atoms with van der Waals surface area (Å²) in [5.41, 5.74) is 3.72. The number of hydrogen-bond donors (Lipinski definition) is 1. The zero-order valence-electron chi connectivity index (χ0n) is 21.3. The molecule has 1 N–H and O–H groups in total. The van der Waals surface area contributed by atoms with E-state index in [1.807, 2.05) is 62.4 Å². The van der Waals surface area contributed by atoms with E-state index in [0.29, 0.717) is 18.7 Å². The zero-order valence-corrected chi connectivity index (χ0v) is 21.3. The van der Waals surface area contributed by atoms with Crippen LogP contribution in [0.5, 0.6) is 5.75 Å². The van der Waals surface area contributed by atoms with Crippen LogP contribution in [0, 0.1) is 19.7 Å². The van der Waals surface area contributed by atoms with Crippen LogP contribution in [-0.2, 0) is 22.6 Å². The van der Waals surface area contributed by atoms with Gasteiger partial charge in [-0.2, -0.15) is 0 Å². The number of carbonyl (C=O) groups excluding carboxylic acids is 2. The number of amides is 2. The second-order valence-corrected chi connectivity index (χ2v) is 9.06. The van der Waals surface area contributed by atoms with Crippen LogP contribution in [0.3, 0.4) is 0 Å². The molecule has 36 heavy (non-hydrogen) atoms. The molecular formula is C30H35FN2O3. The van der Waals surface area contributed by atoms with Crippen LogP contribution in [0.2, 0.25) is 0 Å². The van der Waals surface area contributed by atoms with Crippen molar-refractivity contribution in [3.05, 3.63) is 101 Å². The van der Waals surface area contributed by atoms with Gasteiger partial charge in [-0.05, 0) is 55.2 Å². The minimum atomic E-state index is -0.746. The molecule has 3 rings (SSSR count). The molecule has 0 fully saturated rings. The maximum atomic E-state index is 13.6. The number of carbonyl (C=O) groups is 2. The predicted molar refractivity (Wildman–Crippen MR) is 140 cm³/mol. The number of nitrogens with one attached hydrogen (secondary N) is 1. The summed E-state index contributed by atoms with van der Waals surface area (Å²) in [5, 5.41) is 2.99. The fourth-order valence-electron chi connectivity index (χ4n) is 4.03. The Balaban J connectivity index is 1.88. The Hall–Kier alpha value is -3.67. The standard InChI is InChI=1S/C30H35FN2O3/c1-4-5-17-32-30(35)27(19-24-9-7-6-8-10-24)33(20-25-12-14-26(31)15-13-25)29(34)21-36-28-16-11-22(2)18-23(28)3/h6-16,18,27H,4-5,17,19-21H2,1-3H3,(H,32,35). The van der Waals surface area contributed by atoms with Crippen molar-refractivity contribution in [2.45, 2.75) is 52.6 Å². The van der Waals surface area contributed by atoms with E-state index in [1.165, 1.54) is 12.1 Å². The third-order valence-corrected chi connectivity index (χ3v) is 6.05. The minimum absolute atomic E-state index is 0.161. The summed E-state index contributed by atoms with van der Waals surface area (Å²) < 4.78 is 19.4. The van der Waals surface area contributed by atoms with Crippen molar-refractivity contribution in [2.75, 3.05) is 13.2 Å². The maximum absolute atomic E-state index is 13.6. The van der Waals surface area contributed by atoms with Crippen LogP contribution in [0.1, 0.15) is 42.0 Å². The van der Waals surface area contributed by atoms with E-state index in [9.17, 15) is 14.0 Å². The summed E-state index contributed by atoms with van der Waals surface area (Å²) in [6.45, 7) is 6.48. The zero-order chi connectivity index (χ0) is 25.9. The monoisotopic (exact) mass is 490 g/mol. The molecule has 0 bridgehead atoms. The molecule has 0 saturated carbocycles. The molecule has 190 valence electrons. The Bertz CT molecular complexity index is 1130. The van der Waals surface area contributed by atoms with Crippen molar-refractivity contribution < 1.29 is 18.7 Å². The highest BCUT2D eigenvalue weighted by Gasteiger charge is 2.30. The molecular weight excluding hydrogens is 455 g/mol. The number of benzene rings is 3. The van der Waals surface area contributed by atoms with E-state index in [2.05, 4.69) is 12.2 Å². The fourth-order valence-corrected chi connectivity index (χ4v) is 4.03. The van der Waals surface area contributed by atoms with Crippen molar-refractivity contribution >= 4 is 11.8 Å². The topological polar surface area (TPSA) is 58.6 Å². The first-order valence-electron chi connectivity index (χ1n) is 12.4. The molecule has 0 spiro atoms. The van der Waals surface area contributed by atoms with Crippen LogP contribution in [0.25, 0.3) is 0 Å². The molecule has 6 heteroatoms. The number of hydrogen-bond acceptors (Lipinski definition) is 3. The van der Waals surface area contributed by atoms with Crippen LogP contribution < -0.4 is 10.1 Å². The van der Waals surface area contributed by atoms with Crippen LogP contribution >= 0.6 is 0 Å². The second kappa shape index (κ2) is 13.4. The molecule has 2 amide bonds. The van der Waals surface area contributed by atoms with Crippen LogP contribution in [0.15, 0.2) is 72.8 Å². The van der Waals surface area contributed by atoms with Gasteiger partial charge in [0.05, 0.1) is 0 Å². The van der Waals surface area contributed by atoms with Gasteiger partial charge in [0.1, 0.15) is 17.6 Å². The van der Waals surface area contributed by atoms with Crippen molar-refractivity contribution in [3.63, 3.8) is 0 Å². The van der Waals surface area contributed by atoms with Gasteiger partial charge in [-0.3, -0.25) is 9.59 Å². The number of unbranched alkanes of at least 4 members (excludes halogenated alkanes) is 1. The molecule has 0 aliphatic carbocycles. The maximum Gasteiger partial charge on any atom is 0.261 e. The lowest BCUT2D eigenvalue weighted by Gasteiger charge is -2.31. The third kappa shape index (κ3) is 7.94. The third-order valence-electron chi connectivity index (χ3n) is 6.05. The molecule has 1 atom stereocenters. The highest BCUT2D eigenvalue weighted by molar-refractivity contribution is 5.88. The largest absolute Gasteiger partial charge is 0.483 e. The predicted octanol–water partition coefficient (Wildman–Crippen LogP) is 5.38. The first-order chi connectivity index (χ1) is 17.4. The number of aryl methyl sites for hydroxylation is 2. The molecule has 3 aromatic rings. The Morgan fingerprint density at radius 3 is 2.36 bits per heavy atom. The van der Waals surface area contributed by atoms with Crippen molar-refractivity contribution in [2.24, 2.45) is 0 Å². The van der Waals surface area contributed by atoms with Crippen molar-refractivity contribution in [3.8, 4) is 5.75 Å². The van der Waals surface area contributed by atoms with E-state index in [1.54, 1.807) is 17.0 Å². The first kappa shape index (κ1) is 26.9. The molecule has 0 radical (unpaired) electrons. The molecule has 0 aromatic heterocycles. The lowest BCUT2D eigenvalue weighted by Crippen LogP contribution is -2.51. The highest BCUT2D eigenvalue weighted by atomic mass is 19.1. The van der Waals surface area contributed by atoms with Gasteiger partial charge in [0, 0.05) is 19.5 Å². The smallest absolute Gasteiger partial charge is 0.261 e. The molecule has 0 aliphatic rings. The number of nitrogens with zero attached hydrogens (tertiary/aromatic N) is 1. The lowest BCUT2D eigenvalue weighted by atomic mass is 10.0. The SMILES string of the molecule is CCCCNC(=O)C(Cc1ccccc1)N(Cc1ccc(F)cc1)C(=O)COc1ccc(C)cc1C. The number of rotatable bonds is 12. The van der Waals surface area contributed by atoms with E-state index in [4.69, 9.17) is 4.74 Å². The van der Waals surface area contributed by atoms with E-state index >= 15 is 0 Å². The van der Waals surface area contributed by atoms with Gasteiger partial charge in [0.2, 0.25) is 5.91 Å². The van der Waals surface area contributed by atoms with Gasteiger partial charge in [-0.1, -0.05) is 73.5 Å². The Kier molecular flexibility index (Phi) is 10.0. The van der Waals surface area contributed by atoms with E-state index in [0.717, 1.165) is 35.1 Å². The van der Waals surface area contributed by atoms with Gasteiger partial charge in [-0.25, -0.2) is 4.39 Å². The van der Waals surface area contributed by atoms with Crippen LogP contribution in [0.4, 0.5) is 4.39 Å². The van der Waals surface area contributed by atoms with Gasteiger partial charge < -0.3 is 15.0 Å². The highest BCUT2D eigenvalue weighted by Crippen LogP contribution is 2.20. The molecule has 3 aromatic carbocycles. The normalized spacial score (nSPS) is 11.6. The summed E-state index contributed by atoms with van der Waals surface area (Å²) in [4.78, 5) is 28.5. The summed E-state index contributed by atoms with van der Waals surface area (Å²) in [6.07, 6.45) is 2.16. The van der Waals surface area contributed by atoms with Crippen molar-refractivity contribution in [1.29, 1.82) is 0 Å². The average Bonchev–Trinajstić information content (AvgIpc) is 2.87. The fraction of sp³-hybridized carbons (Fsp3) is 0.333. The Labute approximate surface area is 213 Å². The number of halogens is 1.